The summed E-state index contributed by atoms with van der Waals surface area (Å²) in [6.07, 6.45) is 1.16. The van der Waals surface area contributed by atoms with Crippen molar-refractivity contribution in [2.24, 2.45) is 0 Å². The molecule has 0 amide bonds. The number of nitrogen functional groups attached to an aromatic ring is 1. The number of ether oxygens (including phenoxy) is 1. The van der Waals surface area contributed by atoms with Gasteiger partial charge in [0.25, 0.3) is 0 Å². The minimum Gasteiger partial charge on any atom is -0.399 e. The van der Waals surface area contributed by atoms with E-state index in [1.165, 1.54) is 0 Å². The molecule has 1 rings (SSSR count). The van der Waals surface area contributed by atoms with Gasteiger partial charge in [0.1, 0.15) is 0 Å². The van der Waals surface area contributed by atoms with Crippen molar-refractivity contribution in [3.63, 3.8) is 0 Å². The lowest BCUT2D eigenvalue weighted by Gasteiger charge is -2.06. The average molecular weight is 272 g/mol. The molecule has 1 aromatic rings. The normalized spacial score (nSPS) is 11.6. The van der Waals surface area contributed by atoms with Crippen LogP contribution in [0.25, 0.3) is 0 Å². The highest BCUT2D eigenvalue weighted by Crippen LogP contribution is 2.05. The molecule has 3 N–H and O–H groups in total. The van der Waals surface area contributed by atoms with Crippen LogP contribution in [-0.4, -0.2) is 34.4 Å². The van der Waals surface area contributed by atoms with Crippen molar-refractivity contribution in [3.05, 3.63) is 29.8 Å². The van der Waals surface area contributed by atoms with Gasteiger partial charge in [-0.25, -0.2) is 13.1 Å². The summed E-state index contributed by atoms with van der Waals surface area (Å²) in [5.74, 6) is 0.0998. The number of benzene rings is 1. The second-order valence-electron chi connectivity index (χ2n) is 4.05. The van der Waals surface area contributed by atoms with Gasteiger partial charge in [0.15, 0.2) is 0 Å². The third-order valence-electron chi connectivity index (χ3n) is 2.48. The molecule has 0 aliphatic rings. The zero-order chi connectivity index (χ0) is 13.4. The molecule has 6 heteroatoms. The molecule has 0 heterocycles. The van der Waals surface area contributed by atoms with E-state index >= 15 is 0 Å². The van der Waals surface area contributed by atoms with Gasteiger partial charge in [-0.1, -0.05) is 12.1 Å². The Morgan fingerprint density at radius 2 is 1.94 bits per heavy atom. The summed E-state index contributed by atoms with van der Waals surface area (Å²) >= 11 is 0. The van der Waals surface area contributed by atoms with Crippen LogP contribution in [0.15, 0.2) is 24.3 Å². The number of hydrogen-bond donors (Lipinski definition) is 2. The molecule has 0 atom stereocenters. The van der Waals surface area contributed by atoms with Gasteiger partial charge in [0.05, 0.1) is 5.75 Å². The molecule has 102 valence electrons. The molecular weight excluding hydrogens is 252 g/mol. The van der Waals surface area contributed by atoms with Crippen molar-refractivity contribution in [1.29, 1.82) is 0 Å². The lowest BCUT2D eigenvalue weighted by molar-refractivity contribution is 0.199. The quantitative estimate of drug-likeness (QED) is 0.541. The summed E-state index contributed by atoms with van der Waals surface area (Å²) in [5, 5.41) is 0. The summed E-state index contributed by atoms with van der Waals surface area (Å²) in [4.78, 5) is 0. The van der Waals surface area contributed by atoms with Gasteiger partial charge in [-0.05, 0) is 30.5 Å². The number of hydrogen-bond acceptors (Lipinski definition) is 4. The smallest absolute Gasteiger partial charge is 0.211 e. The van der Waals surface area contributed by atoms with Crippen LogP contribution in [0.1, 0.15) is 12.0 Å². The molecule has 0 radical (unpaired) electrons. The van der Waals surface area contributed by atoms with Gasteiger partial charge in [0, 0.05) is 25.9 Å². The Hall–Kier alpha value is -1.11. The SMILES string of the molecule is COCCCS(=O)(=O)NCCc1ccc(N)cc1. The topological polar surface area (TPSA) is 81.4 Å². The van der Waals surface area contributed by atoms with Crippen LogP contribution >= 0.6 is 0 Å². The van der Waals surface area contributed by atoms with Crippen LogP contribution in [0.4, 0.5) is 5.69 Å². The van der Waals surface area contributed by atoms with Crippen molar-refractivity contribution in [2.45, 2.75) is 12.8 Å². The second-order valence-corrected chi connectivity index (χ2v) is 5.98. The highest BCUT2D eigenvalue weighted by Gasteiger charge is 2.08. The van der Waals surface area contributed by atoms with Crippen molar-refractivity contribution < 1.29 is 13.2 Å². The van der Waals surface area contributed by atoms with Crippen LogP contribution in [0.5, 0.6) is 0 Å². The van der Waals surface area contributed by atoms with Gasteiger partial charge >= 0.3 is 0 Å². The molecule has 1 aromatic carbocycles. The summed E-state index contributed by atoms with van der Waals surface area (Å²) in [7, 11) is -1.63. The van der Waals surface area contributed by atoms with Crippen LogP contribution in [-0.2, 0) is 21.2 Å². The van der Waals surface area contributed by atoms with E-state index in [0.717, 1.165) is 5.56 Å². The molecule has 18 heavy (non-hydrogen) atoms. The van der Waals surface area contributed by atoms with E-state index in [1.807, 2.05) is 24.3 Å². The maximum atomic E-state index is 11.6. The first-order valence-corrected chi connectivity index (χ1v) is 7.49. The maximum absolute atomic E-state index is 11.6. The molecule has 0 fully saturated rings. The van der Waals surface area contributed by atoms with E-state index in [-0.39, 0.29) is 5.75 Å². The third-order valence-corrected chi connectivity index (χ3v) is 3.95. The standard InChI is InChI=1S/C12H20N2O3S/c1-17-9-2-10-18(15,16)14-8-7-11-3-5-12(13)6-4-11/h3-6,14H,2,7-10,13H2,1H3. The summed E-state index contributed by atoms with van der Waals surface area (Å²) in [6, 6.07) is 7.41. The van der Waals surface area contributed by atoms with Gasteiger partial charge in [-0.15, -0.1) is 0 Å². The molecule has 0 aliphatic heterocycles. The lowest BCUT2D eigenvalue weighted by atomic mass is 10.1. The van der Waals surface area contributed by atoms with Crippen molar-refractivity contribution in [2.75, 3.05) is 31.7 Å². The summed E-state index contributed by atoms with van der Waals surface area (Å²) < 4.78 is 30.5. The molecule has 0 spiro atoms. The number of methoxy groups -OCH3 is 1. The average Bonchev–Trinajstić information content (AvgIpc) is 2.32. The predicted molar refractivity (Wildman–Crippen MR) is 72.8 cm³/mol. The Bertz CT molecular complexity index is 443. The predicted octanol–water partition coefficient (Wildman–Crippen LogP) is 0.767. The molecular formula is C12H20N2O3S. The van der Waals surface area contributed by atoms with E-state index in [1.54, 1.807) is 7.11 Å². The fraction of sp³-hybridized carbons (Fsp3) is 0.500. The van der Waals surface area contributed by atoms with Gasteiger partial charge in [0.2, 0.25) is 10.0 Å². The summed E-state index contributed by atoms with van der Waals surface area (Å²) in [5.41, 5.74) is 7.34. The largest absolute Gasteiger partial charge is 0.399 e. The third kappa shape index (κ3) is 6.00. The molecule has 0 saturated carbocycles. The highest BCUT2D eigenvalue weighted by molar-refractivity contribution is 7.89. The molecule has 0 saturated heterocycles. The van der Waals surface area contributed by atoms with Crippen LogP contribution < -0.4 is 10.5 Å². The monoisotopic (exact) mass is 272 g/mol. The minimum absolute atomic E-state index is 0.0998. The molecule has 0 unspecified atom stereocenters. The Morgan fingerprint density at radius 1 is 1.28 bits per heavy atom. The van der Waals surface area contributed by atoms with Crippen LogP contribution in [0, 0.1) is 0 Å². The first-order valence-electron chi connectivity index (χ1n) is 5.84. The van der Waals surface area contributed by atoms with E-state index in [9.17, 15) is 8.42 Å². The van der Waals surface area contributed by atoms with Gasteiger partial charge in [-0.3, -0.25) is 0 Å². The van der Waals surface area contributed by atoms with Crippen LogP contribution in [0.2, 0.25) is 0 Å². The van der Waals surface area contributed by atoms with Crippen molar-refractivity contribution in [1.82, 2.24) is 4.72 Å². The van der Waals surface area contributed by atoms with E-state index < -0.39 is 10.0 Å². The van der Waals surface area contributed by atoms with Crippen molar-refractivity contribution >= 4 is 15.7 Å². The Balaban J connectivity index is 2.30. The number of rotatable bonds is 8. The Morgan fingerprint density at radius 3 is 2.56 bits per heavy atom. The molecule has 5 nitrogen and oxygen atoms in total. The fourth-order valence-corrected chi connectivity index (χ4v) is 2.56. The Labute approximate surface area is 108 Å². The summed E-state index contributed by atoms with van der Waals surface area (Å²) in [6.45, 7) is 0.859. The highest BCUT2D eigenvalue weighted by atomic mass is 32.2. The van der Waals surface area contributed by atoms with Gasteiger partial charge in [-0.2, -0.15) is 0 Å². The lowest BCUT2D eigenvalue weighted by Crippen LogP contribution is -2.28. The van der Waals surface area contributed by atoms with E-state index in [4.69, 9.17) is 10.5 Å². The molecule has 0 aromatic heterocycles. The Kier molecular flexibility index (Phi) is 6.11. The van der Waals surface area contributed by atoms with E-state index in [0.29, 0.717) is 31.7 Å². The van der Waals surface area contributed by atoms with E-state index in [2.05, 4.69) is 4.72 Å². The van der Waals surface area contributed by atoms with Gasteiger partial charge < -0.3 is 10.5 Å². The number of nitrogens with two attached hydrogens (primary N) is 1. The second kappa shape index (κ2) is 7.35. The fourth-order valence-electron chi connectivity index (χ4n) is 1.50. The number of nitrogens with one attached hydrogen (secondary N) is 1. The zero-order valence-electron chi connectivity index (χ0n) is 10.6. The number of sulfonamides is 1. The van der Waals surface area contributed by atoms with Crippen molar-refractivity contribution in [3.8, 4) is 0 Å². The maximum Gasteiger partial charge on any atom is 0.211 e. The molecule has 0 aliphatic carbocycles. The molecule has 0 bridgehead atoms. The van der Waals surface area contributed by atoms with Crippen LogP contribution in [0.3, 0.4) is 0 Å². The minimum atomic E-state index is -3.19. The first-order chi connectivity index (χ1) is 8.53. The first kappa shape index (κ1) is 14.9. The number of anilines is 1. The zero-order valence-corrected chi connectivity index (χ0v) is 11.4.